The van der Waals surface area contributed by atoms with Crippen LogP contribution in [-0.4, -0.2) is 27.8 Å². The largest absolute Gasteiger partial charge is 0.370 e. The first-order valence-electron chi connectivity index (χ1n) is 13.0. The van der Waals surface area contributed by atoms with Crippen molar-refractivity contribution in [3.63, 3.8) is 0 Å². The van der Waals surface area contributed by atoms with Gasteiger partial charge in [0.1, 0.15) is 0 Å². The second-order valence-electron chi connectivity index (χ2n) is 10.6. The highest BCUT2D eigenvalue weighted by Gasteiger charge is 2.42. The molecule has 1 aromatic carbocycles. The molecule has 0 unspecified atom stereocenters. The van der Waals surface area contributed by atoms with Gasteiger partial charge in [0.2, 0.25) is 0 Å². The van der Waals surface area contributed by atoms with E-state index in [0.717, 1.165) is 41.1 Å². The highest BCUT2D eigenvalue weighted by molar-refractivity contribution is 7.80. The Balaban J connectivity index is 1.57. The summed E-state index contributed by atoms with van der Waals surface area (Å²) in [5.41, 5.74) is 6.87. The zero-order chi connectivity index (χ0) is 25.6. The molecule has 2 aromatic heterocycles. The summed E-state index contributed by atoms with van der Waals surface area (Å²) in [4.78, 5) is 9.35. The number of anilines is 2. The molecule has 36 heavy (non-hydrogen) atoms. The van der Waals surface area contributed by atoms with E-state index in [1.54, 1.807) is 0 Å². The van der Waals surface area contributed by atoms with Gasteiger partial charge in [-0.2, -0.15) is 0 Å². The number of thiocarbonyl (C=S) groups is 1. The summed E-state index contributed by atoms with van der Waals surface area (Å²) in [6.07, 6.45) is 4.26. The molecule has 0 amide bonds. The molecular formula is C29H36ClN5S. The van der Waals surface area contributed by atoms with E-state index in [4.69, 9.17) is 28.8 Å². The Labute approximate surface area is 225 Å². The zero-order valence-electron chi connectivity index (χ0n) is 21.8. The van der Waals surface area contributed by atoms with Crippen molar-refractivity contribution in [1.82, 2.24) is 14.9 Å². The smallest absolute Gasteiger partial charge is 0.174 e. The van der Waals surface area contributed by atoms with Gasteiger partial charge < -0.3 is 19.7 Å². The lowest BCUT2D eigenvalue weighted by Crippen LogP contribution is -2.33. The number of pyridine rings is 1. The number of aromatic nitrogens is 2. The maximum atomic E-state index is 6.93. The van der Waals surface area contributed by atoms with Gasteiger partial charge in [-0.15, -0.1) is 0 Å². The molecule has 5 rings (SSSR count). The van der Waals surface area contributed by atoms with E-state index in [2.05, 4.69) is 84.6 Å². The van der Waals surface area contributed by atoms with Crippen molar-refractivity contribution in [3.05, 3.63) is 76.3 Å². The molecule has 2 aliphatic heterocycles. The number of nitrogens with zero attached hydrogens (tertiary/aromatic N) is 4. The van der Waals surface area contributed by atoms with Crippen molar-refractivity contribution in [2.24, 2.45) is 5.92 Å². The SMILES string of the molecule is Cc1cc([C@@H]2[C@H](c3ccccn3)NC(=S)N2c2ccc(N3CCC(C)CC3)c(Cl)c2)c(C)n1C(C)C. The quantitative estimate of drug-likeness (QED) is 0.361. The topological polar surface area (TPSA) is 36.3 Å². The summed E-state index contributed by atoms with van der Waals surface area (Å²) >= 11 is 12.9. The standard InChI is InChI=1S/C29H36ClN5S/c1-18(2)34-20(4)16-23(21(34)5)28-27(25-8-6-7-13-31-25)32-29(36)35(28)22-9-10-26(24(30)17-22)33-14-11-19(3)12-15-33/h6-10,13,16-19,27-28H,11-12,14-15H2,1-5H3,(H,32,36)/t27-,28+/m0/s1. The van der Waals surface area contributed by atoms with Crippen molar-refractivity contribution in [1.29, 1.82) is 0 Å². The summed E-state index contributed by atoms with van der Waals surface area (Å²) in [6, 6.07) is 15.1. The van der Waals surface area contributed by atoms with Crippen molar-refractivity contribution < 1.29 is 0 Å². The van der Waals surface area contributed by atoms with Crippen LogP contribution in [-0.2, 0) is 0 Å². The molecule has 4 heterocycles. The maximum absolute atomic E-state index is 6.93. The predicted molar refractivity (Wildman–Crippen MR) is 154 cm³/mol. The highest BCUT2D eigenvalue weighted by atomic mass is 35.5. The van der Waals surface area contributed by atoms with Gasteiger partial charge in [0, 0.05) is 42.4 Å². The van der Waals surface area contributed by atoms with Crippen molar-refractivity contribution in [3.8, 4) is 0 Å². The molecule has 5 nitrogen and oxygen atoms in total. The maximum Gasteiger partial charge on any atom is 0.174 e. The molecular weight excluding hydrogens is 486 g/mol. The van der Waals surface area contributed by atoms with Crippen molar-refractivity contribution in [2.75, 3.05) is 22.9 Å². The number of piperidine rings is 1. The number of hydrogen-bond donors (Lipinski definition) is 1. The highest BCUT2D eigenvalue weighted by Crippen LogP contribution is 2.45. The lowest BCUT2D eigenvalue weighted by molar-refractivity contribution is 0.438. The first-order chi connectivity index (χ1) is 17.3. The average Bonchev–Trinajstić information content (AvgIpc) is 3.35. The molecule has 2 aliphatic rings. The number of rotatable bonds is 5. The molecule has 1 N–H and O–H groups in total. The molecule has 0 spiro atoms. The Hall–Kier alpha value is -2.57. The fourth-order valence-electron chi connectivity index (χ4n) is 6.00. The molecule has 0 bridgehead atoms. The minimum Gasteiger partial charge on any atom is -0.370 e. The van der Waals surface area contributed by atoms with E-state index in [1.807, 2.05) is 18.3 Å². The van der Waals surface area contributed by atoms with Gasteiger partial charge in [0.25, 0.3) is 0 Å². The fourth-order valence-corrected chi connectivity index (χ4v) is 6.64. The molecule has 2 fully saturated rings. The van der Waals surface area contributed by atoms with Gasteiger partial charge in [-0.3, -0.25) is 4.98 Å². The number of aryl methyl sites for hydroxylation is 1. The van der Waals surface area contributed by atoms with E-state index < -0.39 is 0 Å². The molecule has 7 heteroatoms. The van der Waals surface area contributed by atoms with Crippen LogP contribution >= 0.6 is 23.8 Å². The third-order valence-corrected chi connectivity index (χ3v) is 8.41. The van der Waals surface area contributed by atoms with Gasteiger partial charge in [-0.1, -0.05) is 24.6 Å². The Morgan fingerprint density at radius 1 is 1.08 bits per heavy atom. The van der Waals surface area contributed by atoms with Crippen LogP contribution in [0.5, 0.6) is 0 Å². The van der Waals surface area contributed by atoms with Crippen LogP contribution in [0.15, 0.2) is 48.7 Å². The minimum atomic E-state index is -0.0677. The Morgan fingerprint density at radius 3 is 2.44 bits per heavy atom. The first kappa shape index (κ1) is 25.1. The first-order valence-corrected chi connectivity index (χ1v) is 13.8. The summed E-state index contributed by atoms with van der Waals surface area (Å²) < 4.78 is 2.40. The average molecular weight is 522 g/mol. The van der Waals surface area contributed by atoms with Gasteiger partial charge in [0.05, 0.1) is 28.5 Å². The van der Waals surface area contributed by atoms with Gasteiger partial charge in [0.15, 0.2) is 5.11 Å². The molecule has 190 valence electrons. The number of nitrogens with one attached hydrogen (secondary N) is 1. The molecule has 2 atom stereocenters. The minimum absolute atomic E-state index is 0.0381. The number of hydrogen-bond acceptors (Lipinski definition) is 3. The van der Waals surface area contributed by atoms with Crippen molar-refractivity contribution >= 4 is 40.3 Å². The van der Waals surface area contributed by atoms with Crippen LogP contribution in [0.25, 0.3) is 0 Å². The normalized spacial score (nSPS) is 20.9. The van der Waals surface area contributed by atoms with Crippen LogP contribution in [0.1, 0.15) is 74.4 Å². The Bertz CT molecular complexity index is 1250. The van der Waals surface area contributed by atoms with E-state index in [1.165, 1.54) is 29.8 Å². The molecule has 0 saturated carbocycles. The Kier molecular flexibility index (Phi) is 7.01. The van der Waals surface area contributed by atoms with Gasteiger partial charge in [-0.25, -0.2) is 0 Å². The predicted octanol–water partition coefficient (Wildman–Crippen LogP) is 7.15. The second kappa shape index (κ2) is 10.1. The fraction of sp³-hybridized carbons (Fsp3) is 0.448. The number of benzene rings is 1. The molecule has 3 aromatic rings. The summed E-state index contributed by atoms with van der Waals surface area (Å²) in [5, 5.41) is 5.06. The zero-order valence-corrected chi connectivity index (χ0v) is 23.4. The van der Waals surface area contributed by atoms with Crippen molar-refractivity contribution in [2.45, 2.75) is 65.6 Å². The third-order valence-electron chi connectivity index (χ3n) is 7.79. The van der Waals surface area contributed by atoms with Crippen LogP contribution in [0.4, 0.5) is 11.4 Å². The Morgan fingerprint density at radius 2 is 1.83 bits per heavy atom. The van der Waals surface area contributed by atoms with Crippen LogP contribution in [0.2, 0.25) is 5.02 Å². The summed E-state index contributed by atoms with van der Waals surface area (Å²) in [7, 11) is 0. The van der Waals surface area contributed by atoms with Gasteiger partial charge in [-0.05, 0) is 101 Å². The van der Waals surface area contributed by atoms with Crippen LogP contribution in [0.3, 0.4) is 0 Å². The number of halogens is 1. The van der Waals surface area contributed by atoms with E-state index in [-0.39, 0.29) is 12.1 Å². The second-order valence-corrected chi connectivity index (χ2v) is 11.4. The lowest BCUT2D eigenvalue weighted by atomic mass is 9.96. The summed E-state index contributed by atoms with van der Waals surface area (Å²) in [5.74, 6) is 0.779. The van der Waals surface area contributed by atoms with E-state index in [0.29, 0.717) is 11.2 Å². The molecule has 0 radical (unpaired) electrons. The van der Waals surface area contributed by atoms with E-state index in [9.17, 15) is 0 Å². The van der Waals surface area contributed by atoms with Crippen LogP contribution in [0, 0.1) is 19.8 Å². The van der Waals surface area contributed by atoms with E-state index >= 15 is 0 Å². The van der Waals surface area contributed by atoms with Gasteiger partial charge >= 0.3 is 0 Å². The third kappa shape index (κ3) is 4.50. The van der Waals surface area contributed by atoms with Crippen LogP contribution < -0.4 is 15.1 Å². The molecule has 2 saturated heterocycles. The monoisotopic (exact) mass is 521 g/mol. The molecule has 0 aliphatic carbocycles. The lowest BCUT2D eigenvalue weighted by Gasteiger charge is -2.33. The summed E-state index contributed by atoms with van der Waals surface area (Å²) in [6.45, 7) is 13.3.